The standard InChI is InChI=1S/C23H15N3O2/c27-21-15-8-2-5-11-19(15)25-22-23(28,16-9-3-6-12-20(16)26(21)22)17-13-24-18-10-4-1-7-14(17)18/h1-13,24,28H/t23-/m1/s1. The van der Waals surface area contributed by atoms with Crippen molar-refractivity contribution >= 4 is 21.8 Å². The number of H-pyrrole nitrogens is 1. The van der Waals surface area contributed by atoms with Gasteiger partial charge in [0.1, 0.15) is 0 Å². The molecule has 3 heterocycles. The Labute approximate surface area is 159 Å². The number of hydrogen-bond acceptors (Lipinski definition) is 3. The minimum Gasteiger partial charge on any atom is -0.373 e. The lowest BCUT2D eigenvalue weighted by Gasteiger charge is -2.23. The molecule has 0 amide bonds. The molecule has 134 valence electrons. The summed E-state index contributed by atoms with van der Waals surface area (Å²) in [5.74, 6) is 0.321. The van der Waals surface area contributed by atoms with Gasteiger partial charge in [-0.25, -0.2) is 4.98 Å². The van der Waals surface area contributed by atoms with Gasteiger partial charge >= 0.3 is 0 Å². The molecular formula is C23H15N3O2. The number of nitrogens with one attached hydrogen (secondary N) is 1. The summed E-state index contributed by atoms with van der Waals surface area (Å²) in [5.41, 5.74) is 1.79. The van der Waals surface area contributed by atoms with E-state index in [0.29, 0.717) is 33.5 Å². The van der Waals surface area contributed by atoms with Crippen molar-refractivity contribution in [3.05, 3.63) is 106 Å². The van der Waals surface area contributed by atoms with Crippen molar-refractivity contribution in [3.8, 4) is 5.69 Å². The minimum atomic E-state index is -1.53. The van der Waals surface area contributed by atoms with Crippen LogP contribution in [0.25, 0.3) is 27.5 Å². The van der Waals surface area contributed by atoms with Gasteiger partial charge in [0.15, 0.2) is 11.4 Å². The number of aromatic nitrogens is 3. The average Bonchev–Trinajstić information content (AvgIpc) is 3.27. The maximum atomic E-state index is 13.3. The van der Waals surface area contributed by atoms with E-state index in [1.54, 1.807) is 22.9 Å². The van der Waals surface area contributed by atoms with Gasteiger partial charge in [0.25, 0.3) is 5.56 Å². The molecule has 28 heavy (non-hydrogen) atoms. The zero-order valence-electron chi connectivity index (χ0n) is 14.8. The molecular weight excluding hydrogens is 350 g/mol. The molecule has 5 heteroatoms. The van der Waals surface area contributed by atoms with Crippen LogP contribution in [-0.2, 0) is 5.60 Å². The predicted molar refractivity (Wildman–Crippen MR) is 108 cm³/mol. The molecule has 5 aromatic rings. The van der Waals surface area contributed by atoms with Gasteiger partial charge in [0.2, 0.25) is 0 Å². The van der Waals surface area contributed by atoms with Gasteiger partial charge in [-0.3, -0.25) is 9.36 Å². The fourth-order valence-corrected chi connectivity index (χ4v) is 4.33. The number of nitrogens with zero attached hydrogens (tertiary/aromatic N) is 2. The topological polar surface area (TPSA) is 70.9 Å². The Morgan fingerprint density at radius 3 is 2.46 bits per heavy atom. The van der Waals surface area contributed by atoms with Gasteiger partial charge < -0.3 is 10.1 Å². The smallest absolute Gasteiger partial charge is 0.266 e. The second-order valence-electron chi connectivity index (χ2n) is 7.07. The van der Waals surface area contributed by atoms with E-state index in [-0.39, 0.29) is 5.56 Å². The summed E-state index contributed by atoms with van der Waals surface area (Å²) in [4.78, 5) is 21.3. The highest BCUT2D eigenvalue weighted by Gasteiger charge is 2.47. The van der Waals surface area contributed by atoms with E-state index in [9.17, 15) is 9.90 Å². The van der Waals surface area contributed by atoms with Crippen molar-refractivity contribution in [1.29, 1.82) is 0 Å². The maximum absolute atomic E-state index is 13.3. The van der Waals surface area contributed by atoms with Crippen LogP contribution in [0.2, 0.25) is 0 Å². The molecule has 1 aliphatic heterocycles. The van der Waals surface area contributed by atoms with Gasteiger partial charge in [-0.1, -0.05) is 48.5 Å². The molecule has 1 atom stereocenters. The largest absolute Gasteiger partial charge is 0.373 e. The van der Waals surface area contributed by atoms with Crippen molar-refractivity contribution in [1.82, 2.24) is 14.5 Å². The summed E-state index contributed by atoms with van der Waals surface area (Å²) in [7, 11) is 0. The highest BCUT2D eigenvalue weighted by molar-refractivity contribution is 5.87. The normalized spacial score (nSPS) is 17.8. The molecule has 0 radical (unpaired) electrons. The van der Waals surface area contributed by atoms with Crippen LogP contribution in [-0.4, -0.2) is 19.6 Å². The number of aromatic amines is 1. The lowest BCUT2D eigenvalue weighted by atomic mass is 9.86. The van der Waals surface area contributed by atoms with Crippen molar-refractivity contribution in [2.45, 2.75) is 5.60 Å². The Hall–Kier alpha value is -3.70. The second kappa shape index (κ2) is 5.18. The van der Waals surface area contributed by atoms with E-state index < -0.39 is 5.60 Å². The van der Waals surface area contributed by atoms with Crippen LogP contribution in [0.15, 0.2) is 83.8 Å². The van der Waals surface area contributed by atoms with Crippen LogP contribution in [0.1, 0.15) is 17.0 Å². The summed E-state index contributed by atoms with van der Waals surface area (Å²) in [6, 6.07) is 22.5. The molecule has 0 aliphatic carbocycles. The zero-order chi connectivity index (χ0) is 18.9. The first-order chi connectivity index (χ1) is 13.7. The molecule has 0 saturated carbocycles. The molecule has 3 aromatic carbocycles. The van der Waals surface area contributed by atoms with Crippen molar-refractivity contribution in [3.63, 3.8) is 0 Å². The minimum absolute atomic E-state index is 0.177. The van der Waals surface area contributed by atoms with E-state index >= 15 is 0 Å². The predicted octanol–water partition coefficient (Wildman–Crippen LogP) is 3.46. The SMILES string of the molecule is O=c1c2ccccc2nc2n1-c1ccccc1[C@@]2(O)c1c[nH]c2ccccc12. The molecule has 1 aliphatic rings. The summed E-state index contributed by atoms with van der Waals surface area (Å²) in [6.45, 7) is 0. The number of benzene rings is 3. The van der Waals surface area contributed by atoms with Gasteiger partial charge in [-0.2, -0.15) is 0 Å². The first-order valence-corrected chi connectivity index (χ1v) is 9.11. The van der Waals surface area contributed by atoms with E-state index in [1.807, 2.05) is 60.7 Å². The second-order valence-corrected chi connectivity index (χ2v) is 7.07. The summed E-state index contributed by atoms with van der Waals surface area (Å²) in [5, 5.41) is 13.5. The lowest BCUT2D eigenvalue weighted by Crippen LogP contribution is -2.31. The number of fused-ring (bicyclic) bond motifs is 5. The number of hydrogen-bond donors (Lipinski definition) is 2. The van der Waals surface area contributed by atoms with Crippen LogP contribution in [0.3, 0.4) is 0 Å². The third kappa shape index (κ3) is 1.74. The molecule has 2 aromatic heterocycles. The molecule has 0 saturated heterocycles. The molecule has 0 unspecified atom stereocenters. The maximum Gasteiger partial charge on any atom is 0.266 e. The zero-order valence-corrected chi connectivity index (χ0v) is 14.8. The Morgan fingerprint density at radius 2 is 1.57 bits per heavy atom. The number of para-hydroxylation sites is 3. The third-order valence-corrected chi connectivity index (χ3v) is 5.61. The number of aliphatic hydroxyl groups is 1. The Bertz CT molecular complexity index is 1460. The van der Waals surface area contributed by atoms with Gasteiger partial charge in [-0.05, 0) is 24.3 Å². The molecule has 6 rings (SSSR count). The van der Waals surface area contributed by atoms with Crippen LogP contribution >= 0.6 is 0 Å². The Kier molecular flexibility index (Phi) is 2.84. The Morgan fingerprint density at radius 1 is 0.857 bits per heavy atom. The Balaban J connectivity index is 1.81. The fraction of sp³-hybridized carbons (Fsp3) is 0.0435. The molecule has 2 N–H and O–H groups in total. The molecule has 0 bridgehead atoms. The summed E-state index contributed by atoms with van der Waals surface area (Å²) in [6.07, 6.45) is 1.80. The van der Waals surface area contributed by atoms with E-state index in [0.717, 1.165) is 10.9 Å². The molecule has 0 fully saturated rings. The van der Waals surface area contributed by atoms with Crippen LogP contribution in [0.4, 0.5) is 0 Å². The summed E-state index contributed by atoms with van der Waals surface area (Å²) < 4.78 is 1.54. The van der Waals surface area contributed by atoms with Crippen LogP contribution < -0.4 is 5.56 Å². The van der Waals surface area contributed by atoms with Crippen molar-refractivity contribution in [2.24, 2.45) is 0 Å². The number of rotatable bonds is 1. The van der Waals surface area contributed by atoms with E-state index in [4.69, 9.17) is 4.98 Å². The first-order valence-electron chi connectivity index (χ1n) is 9.11. The first kappa shape index (κ1) is 15.4. The summed E-state index contributed by atoms with van der Waals surface area (Å²) >= 11 is 0. The molecule has 0 spiro atoms. The van der Waals surface area contributed by atoms with Gasteiger partial charge in [0, 0.05) is 28.2 Å². The fourth-order valence-electron chi connectivity index (χ4n) is 4.33. The highest BCUT2D eigenvalue weighted by atomic mass is 16.3. The van der Waals surface area contributed by atoms with Crippen LogP contribution in [0.5, 0.6) is 0 Å². The lowest BCUT2D eigenvalue weighted by molar-refractivity contribution is 0.123. The van der Waals surface area contributed by atoms with Gasteiger partial charge in [-0.15, -0.1) is 0 Å². The van der Waals surface area contributed by atoms with Crippen LogP contribution in [0, 0.1) is 0 Å². The average molecular weight is 365 g/mol. The monoisotopic (exact) mass is 365 g/mol. The highest BCUT2D eigenvalue weighted by Crippen LogP contribution is 2.46. The van der Waals surface area contributed by atoms with E-state index in [1.165, 1.54) is 0 Å². The third-order valence-electron chi connectivity index (χ3n) is 5.61. The van der Waals surface area contributed by atoms with Crippen molar-refractivity contribution < 1.29 is 5.11 Å². The van der Waals surface area contributed by atoms with E-state index in [2.05, 4.69) is 4.98 Å². The van der Waals surface area contributed by atoms with Gasteiger partial charge in [0.05, 0.1) is 16.6 Å². The molecule has 5 nitrogen and oxygen atoms in total. The quantitative estimate of drug-likeness (QED) is 0.478. The van der Waals surface area contributed by atoms with Crippen molar-refractivity contribution in [2.75, 3.05) is 0 Å².